The van der Waals surface area contributed by atoms with Crippen LogP contribution in [0.1, 0.15) is 31.7 Å². The Morgan fingerprint density at radius 3 is 2.53 bits per heavy atom. The van der Waals surface area contributed by atoms with E-state index in [9.17, 15) is 16.8 Å². The van der Waals surface area contributed by atoms with Crippen LogP contribution in [0.15, 0.2) is 17.3 Å². The van der Waals surface area contributed by atoms with Gasteiger partial charge in [-0.05, 0) is 19.3 Å². The van der Waals surface area contributed by atoms with Crippen molar-refractivity contribution in [2.45, 2.75) is 41.9 Å². The Morgan fingerprint density at radius 1 is 1.32 bits per heavy atom. The Hall–Kier alpha value is -0.600. The van der Waals surface area contributed by atoms with Gasteiger partial charge in [-0.1, -0.05) is 6.42 Å². The molecule has 2 atom stereocenters. The van der Waals surface area contributed by atoms with Crippen LogP contribution >= 0.6 is 10.7 Å². The fraction of sp³-hybridized carbons (Fsp3) is 0.700. The molecule has 108 valence electrons. The maximum Gasteiger partial charge on any atom is 0.264 e. The van der Waals surface area contributed by atoms with Crippen LogP contribution in [0.2, 0.25) is 0 Å². The Bertz CT molecular complexity index is 665. The third kappa shape index (κ3) is 3.49. The average Bonchev–Trinajstić information content (AvgIpc) is 2.77. The van der Waals surface area contributed by atoms with Gasteiger partial charge in [-0.25, -0.2) is 16.8 Å². The van der Waals surface area contributed by atoms with E-state index in [2.05, 4.69) is 5.10 Å². The molecule has 1 aromatic rings. The van der Waals surface area contributed by atoms with Crippen molar-refractivity contribution in [2.24, 2.45) is 0 Å². The largest absolute Gasteiger partial charge is 0.268 e. The molecule has 6 nitrogen and oxygen atoms in total. The SMILES string of the molecule is CS(=O)(=O)C1CCCC(n2cc(S(=O)(=O)Cl)cn2)C1. The van der Waals surface area contributed by atoms with Gasteiger partial charge in [-0.3, -0.25) is 4.68 Å². The average molecular weight is 327 g/mol. The molecule has 0 spiro atoms. The molecule has 19 heavy (non-hydrogen) atoms. The normalized spacial score (nSPS) is 25.4. The van der Waals surface area contributed by atoms with Crippen LogP contribution in [0.25, 0.3) is 0 Å². The van der Waals surface area contributed by atoms with E-state index in [1.165, 1.54) is 23.3 Å². The van der Waals surface area contributed by atoms with Crippen molar-refractivity contribution in [1.29, 1.82) is 0 Å². The van der Waals surface area contributed by atoms with Crippen LogP contribution in [-0.4, -0.2) is 38.1 Å². The zero-order chi connectivity index (χ0) is 14.3. The van der Waals surface area contributed by atoms with Gasteiger partial charge in [0.1, 0.15) is 14.7 Å². The quantitative estimate of drug-likeness (QED) is 0.782. The fourth-order valence-corrected chi connectivity index (χ4v) is 4.21. The van der Waals surface area contributed by atoms with Crippen LogP contribution in [-0.2, 0) is 18.9 Å². The van der Waals surface area contributed by atoms with E-state index < -0.39 is 18.9 Å². The molecule has 1 heterocycles. The maximum atomic E-state index is 11.6. The summed E-state index contributed by atoms with van der Waals surface area (Å²) in [5, 5.41) is 3.60. The van der Waals surface area contributed by atoms with Gasteiger partial charge in [0.25, 0.3) is 9.05 Å². The zero-order valence-electron chi connectivity index (χ0n) is 10.4. The molecule has 0 saturated heterocycles. The van der Waals surface area contributed by atoms with Crippen LogP contribution in [0.5, 0.6) is 0 Å². The van der Waals surface area contributed by atoms with Gasteiger partial charge in [0.2, 0.25) is 0 Å². The highest BCUT2D eigenvalue weighted by Crippen LogP contribution is 2.32. The first kappa shape index (κ1) is 14.8. The van der Waals surface area contributed by atoms with E-state index in [4.69, 9.17) is 10.7 Å². The molecule has 1 aliphatic carbocycles. The van der Waals surface area contributed by atoms with Crippen LogP contribution in [0.3, 0.4) is 0 Å². The summed E-state index contributed by atoms with van der Waals surface area (Å²) in [4.78, 5) is -0.0596. The Morgan fingerprint density at radius 2 is 2.00 bits per heavy atom. The van der Waals surface area contributed by atoms with Gasteiger partial charge in [0.05, 0.1) is 17.5 Å². The Balaban J connectivity index is 2.21. The Labute approximate surface area is 117 Å². The second-order valence-electron chi connectivity index (χ2n) is 4.87. The van der Waals surface area contributed by atoms with Crippen LogP contribution < -0.4 is 0 Å². The first-order chi connectivity index (χ1) is 8.68. The second kappa shape index (κ2) is 5.06. The highest BCUT2D eigenvalue weighted by atomic mass is 35.7. The number of sulfone groups is 1. The molecule has 0 N–H and O–H groups in total. The van der Waals surface area contributed by atoms with Crippen molar-refractivity contribution in [3.05, 3.63) is 12.4 Å². The van der Waals surface area contributed by atoms with Crippen molar-refractivity contribution in [2.75, 3.05) is 6.26 Å². The molecule has 1 saturated carbocycles. The van der Waals surface area contributed by atoms with Crippen molar-refractivity contribution in [3.63, 3.8) is 0 Å². The lowest BCUT2D eigenvalue weighted by Crippen LogP contribution is -2.29. The van der Waals surface area contributed by atoms with E-state index >= 15 is 0 Å². The van der Waals surface area contributed by atoms with Crippen molar-refractivity contribution < 1.29 is 16.8 Å². The summed E-state index contributed by atoms with van der Waals surface area (Å²) in [5.41, 5.74) is 0. The number of halogens is 1. The maximum absolute atomic E-state index is 11.6. The minimum absolute atomic E-state index is 0.0596. The van der Waals surface area contributed by atoms with E-state index in [-0.39, 0.29) is 16.2 Å². The van der Waals surface area contributed by atoms with Crippen molar-refractivity contribution >= 4 is 29.6 Å². The molecule has 9 heteroatoms. The van der Waals surface area contributed by atoms with E-state index in [0.29, 0.717) is 12.8 Å². The molecule has 0 aromatic carbocycles. The van der Waals surface area contributed by atoms with Gasteiger partial charge in [0.15, 0.2) is 0 Å². The summed E-state index contributed by atoms with van der Waals surface area (Å²) in [7, 11) is -1.63. The molecule has 0 amide bonds. The predicted molar refractivity (Wildman–Crippen MR) is 71.4 cm³/mol. The smallest absolute Gasteiger partial charge is 0.264 e. The molecule has 1 fully saturated rings. The monoisotopic (exact) mass is 326 g/mol. The molecular formula is C10H15ClN2O4S2. The lowest BCUT2D eigenvalue weighted by atomic mass is 9.95. The first-order valence-electron chi connectivity index (χ1n) is 5.85. The highest BCUT2D eigenvalue weighted by Gasteiger charge is 2.30. The summed E-state index contributed by atoms with van der Waals surface area (Å²) in [6.07, 6.45) is 6.46. The van der Waals surface area contributed by atoms with Gasteiger partial charge >= 0.3 is 0 Å². The number of aromatic nitrogens is 2. The van der Waals surface area contributed by atoms with Crippen molar-refractivity contribution in [3.8, 4) is 0 Å². The zero-order valence-corrected chi connectivity index (χ0v) is 12.7. The predicted octanol–water partition coefficient (Wildman–Crippen LogP) is 1.34. The standard InChI is InChI=1S/C10H15ClN2O4S2/c1-18(14,15)9-4-2-3-8(5-9)13-7-10(6-12-13)19(11,16)17/h6-9H,2-5H2,1H3. The summed E-state index contributed by atoms with van der Waals surface area (Å²) < 4.78 is 47.0. The van der Waals surface area contributed by atoms with E-state index in [1.807, 2.05) is 0 Å². The lowest BCUT2D eigenvalue weighted by molar-refractivity contribution is 0.329. The molecule has 0 aliphatic heterocycles. The molecule has 0 bridgehead atoms. The Kier molecular flexibility index (Phi) is 3.95. The summed E-state index contributed by atoms with van der Waals surface area (Å²) in [6, 6.07) is -0.0966. The minimum Gasteiger partial charge on any atom is -0.268 e. The minimum atomic E-state index is -3.79. The number of rotatable bonds is 3. The lowest BCUT2D eigenvalue weighted by Gasteiger charge is -2.28. The molecular weight excluding hydrogens is 312 g/mol. The van der Waals surface area contributed by atoms with Gasteiger partial charge in [-0.15, -0.1) is 0 Å². The summed E-state index contributed by atoms with van der Waals surface area (Å²) in [5.74, 6) is 0. The van der Waals surface area contributed by atoms with Gasteiger partial charge in [0, 0.05) is 23.1 Å². The molecule has 0 radical (unpaired) electrons. The highest BCUT2D eigenvalue weighted by molar-refractivity contribution is 8.13. The first-order valence-corrected chi connectivity index (χ1v) is 10.1. The number of hydrogen-bond donors (Lipinski definition) is 0. The second-order valence-corrected chi connectivity index (χ2v) is 9.76. The number of hydrogen-bond acceptors (Lipinski definition) is 5. The number of nitrogens with zero attached hydrogens (tertiary/aromatic N) is 2. The van der Waals surface area contributed by atoms with E-state index in [1.54, 1.807) is 0 Å². The summed E-state index contributed by atoms with van der Waals surface area (Å²) >= 11 is 0. The van der Waals surface area contributed by atoms with Crippen LogP contribution in [0.4, 0.5) is 0 Å². The van der Waals surface area contributed by atoms with Gasteiger partial charge < -0.3 is 0 Å². The molecule has 1 aromatic heterocycles. The van der Waals surface area contributed by atoms with Crippen LogP contribution in [0, 0.1) is 0 Å². The van der Waals surface area contributed by atoms with E-state index in [0.717, 1.165) is 12.8 Å². The topological polar surface area (TPSA) is 86.1 Å². The molecule has 2 rings (SSSR count). The third-order valence-corrected chi connectivity index (χ3v) is 6.38. The summed E-state index contributed by atoms with van der Waals surface area (Å²) in [6.45, 7) is 0. The van der Waals surface area contributed by atoms with Crippen molar-refractivity contribution in [1.82, 2.24) is 9.78 Å². The third-order valence-electron chi connectivity index (χ3n) is 3.44. The fourth-order valence-electron chi connectivity index (χ4n) is 2.40. The molecule has 2 unspecified atom stereocenters. The van der Waals surface area contributed by atoms with Gasteiger partial charge in [-0.2, -0.15) is 5.10 Å². The molecule has 1 aliphatic rings.